The topological polar surface area (TPSA) is 64.3 Å². The number of amides is 1. The van der Waals surface area contributed by atoms with Gasteiger partial charge in [0.1, 0.15) is 0 Å². The lowest BCUT2D eigenvalue weighted by atomic mass is 10.1. The summed E-state index contributed by atoms with van der Waals surface area (Å²) >= 11 is 0. The van der Waals surface area contributed by atoms with Crippen molar-refractivity contribution in [1.29, 1.82) is 0 Å². The lowest BCUT2D eigenvalue weighted by molar-refractivity contribution is -0.122. The highest BCUT2D eigenvalue weighted by Gasteiger charge is 2.11. The monoisotopic (exact) mass is 216 g/mol. The van der Waals surface area contributed by atoms with E-state index in [0.29, 0.717) is 13.0 Å². The van der Waals surface area contributed by atoms with E-state index in [0.717, 1.165) is 19.3 Å². The van der Waals surface area contributed by atoms with Crippen molar-refractivity contribution in [3.05, 3.63) is 0 Å². The van der Waals surface area contributed by atoms with Crippen LogP contribution in [0.15, 0.2) is 0 Å². The summed E-state index contributed by atoms with van der Waals surface area (Å²) in [4.78, 5) is 11.5. The molecule has 0 bridgehead atoms. The maximum Gasteiger partial charge on any atom is 0.220 e. The Morgan fingerprint density at radius 3 is 2.60 bits per heavy atom. The summed E-state index contributed by atoms with van der Waals surface area (Å²) in [5, 5.41) is 2.95. The standard InChI is InChI=1S/C11H24N2O2/c1-4-5-10(8-15-3)13-11(14)7-6-9(2)12/h9-10H,4-8,12H2,1-3H3,(H,13,14). The van der Waals surface area contributed by atoms with Crippen LogP contribution < -0.4 is 11.1 Å². The van der Waals surface area contributed by atoms with E-state index in [1.807, 2.05) is 6.92 Å². The van der Waals surface area contributed by atoms with Crippen LogP contribution in [0, 0.1) is 0 Å². The summed E-state index contributed by atoms with van der Waals surface area (Å²) in [6.45, 7) is 4.58. The number of carbonyl (C=O) groups excluding carboxylic acids is 1. The average molecular weight is 216 g/mol. The second kappa shape index (κ2) is 8.68. The minimum atomic E-state index is 0.0720. The molecular formula is C11H24N2O2. The summed E-state index contributed by atoms with van der Waals surface area (Å²) in [6.07, 6.45) is 3.23. The van der Waals surface area contributed by atoms with Crippen molar-refractivity contribution in [2.45, 2.75) is 51.6 Å². The van der Waals surface area contributed by atoms with E-state index in [9.17, 15) is 4.79 Å². The molecule has 0 aliphatic rings. The molecule has 0 saturated heterocycles. The van der Waals surface area contributed by atoms with E-state index in [-0.39, 0.29) is 18.0 Å². The van der Waals surface area contributed by atoms with E-state index in [1.165, 1.54) is 0 Å². The van der Waals surface area contributed by atoms with Gasteiger partial charge in [-0.05, 0) is 19.8 Å². The first-order valence-corrected chi connectivity index (χ1v) is 5.64. The molecule has 0 aromatic heterocycles. The van der Waals surface area contributed by atoms with Crippen LogP contribution in [0.5, 0.6) is 0 Å². The van der Waals surface area contributed by atoms with Gasteiger partial charge in [0.2, 0.25) is 5.91 Å². The highest BCUT2D eigenvalue weighted by molar-refractivity contribution is 5.76. The van der Waals surface area contributed by atoms with Gasteiger partial charge in [-0.2, -0.15) is 0 Å². The van der Waals surface area contributed by atoms with Crippen molar-refractivity contribution in [3.63, 3.8) is 0 Å². The van der Waals surface area contributed by atoms with Gasteiger partial charge in [-0.3, -0.25) is 4.79 Å². The Hall–Kier alpha value is -0.610. The molecule has 0 aliphatic heterocycles. The molecule has 0 saturated carbocycles. The zero-order valence-corrected chi connectivity index (χ0v) is 10.1. The fourth-order valence-corrected chi connectivity index (χ4v) is 1.41. The van der Waals surface area contributed by atoms with Crippen LogP contribution in [0.4, 0.5) is 0 Å². The third kappa shape index (κ3) is 8.39. The zero-order valence-electron chi connectivity index (χ0n) is 10.1. The number of nitrogens with one attached hydrogen (secondary N) is 1. The minimum absolute atomic E-state index is 0.0720. The number of ether oxygens (including phenoxy) is 1. The average Bonchev–Trinajstić information content (AvgIpc) is 2.15. The molecule has 15 heavy (non-hydrogen) atoms. The van der Waals surface area contributed by atoms with Crippen molar-refractivity contribution in [3.8, 4) is 0 Å². The van der Waals surface area contributed by atoms with Gasteiger partial charge in [-0.25, -0.2) is 0 Å². The molecule has 3 N–H and O–H groups in total. The van der Waals surface area contributed by atoms with Gasteiger partial charge in [0.05, 0.1) is 12.6 Å². The molecule has 0 spiro atoms. The van der Waals surface area contributed by atoms with Crippen LogP contribution in [0.3, 0.4) is 0 Å². The number of hydrogen-bond acceptors (Lipinski definition) is 3. The van der Waals surface area contributed by atoms with Gasteiger partial charge in [-0.1, -0.05) is 13.3 Å². The van der Waals surface area contributed by atoms with E-state index in [4.69, 9.17) is 10.5 Å². The normalized spacial score (nSPS) is 14.7. The molecule has 0 heterocycles. The Bertz CT molecular complexity index is 166. The first-order valence-electron chi connectivity index (χ1n) is 5.64. The van der Waals surface area contributed by atoms with Crippen molar-refractivity contribution < 1.29 is 9.53 Å². The Morgan fingerprint density at radius 1 is 1.47 bits per heavy atom. The van der Waals surface area contributed by atoms with Crippen LogP contribution in [-0.2, 0) is 9.53 Å². The Labute approximate surface area is 92.6 Å². The highest BCUT2D eigenvalue weighted by atomic mass is 16.5. The van der Waals surface area contributed by atoms with Crippen LogP contribution in [0.2, 0.25) is 0 Å². The quantitative estimate of drug-likeness (QED) is 0.637. The van der Waals surface area contributed by atoms with Crippen molar-refractivity contribution in [1.82, 2.24) is 5.32 Å². The number of rotatable bonds is 8. The third-order valence-electron chi connectivity index (χ3n) is 2.20. The van der Waals surface area contributed by atoms with Crippen LogP contribution in [0.25, 0.3) is 0 Å². The number of hydrogen-bond donors (Lipinski definition) is 2. The zero-order chi connectivity index (χ0) is 11.7. The minimum Gasteiger partial charge on any atom is -0.383 e. The molecular weight excluding hydrogens is 192 g/mol. The lowest BCUT2D eigenvalue weighted by Crippen LogP contribution is -2.38. The summed E-state index contributed by atoms with van der Waals surface area (Å²) < 4.78 is 5.04. The molecule has 2 unspecified atom stereocenters. The molecule has 0 aliphatic carbocycles. The molecule has 0 radical (unpaired) electrons. The number of carbonyl (C=O) groups is 1. The second-order valence-corrected chi connectivity index (χ2v) is 4.02. The van der Waals surface area contributed by atoms with Crippen molar-refractivity contribution >= 4 is 5.91 Å². The predicted molar refractivity (Wildman–Crippen MR) is 61.6 cm³/mol. The van der Waals surface area contributed by atoms with Crippen molar-refractivity contribution in [2.24, 2.45) is 5.73 Å². The van der Waals surface area contributed by atoms with Gasteiger partial charge < -0.3 is 15.8 Å². The number of nitrogens with two attached hydrogens (primary N) is 1. The van der Waals surface area contributed by atoms with E-state index >= 15 is 0 Å². The van der Waals surface area contributed by atoms with Crippen LogP contribution >= 0.6 is 0 Å². The fourth-order valence-electron chi connectivity index (χ4n) is 1.41. The van der Waals surface area contributed by atoms with Crippen molar-refractivity contribution in [2.75, 3.05) is 13.7 Å². The van der Waals surface area contributed by atoms with E-state index in [2.05, 4.69) is 12.2 Å². The highest BCUT2D eigenvalue weighted by Crippen LogP contribution is 1.99. The summed E-state index contributed by atoms with van der Waals surface area (Å²) in [5.41, 5.74) is 5.58. The van der Waals surface area contributed by atoms with Gasteiger partial charge in [-0.15, -0.1) is 0 Å². The lowest BCUT2D eigenvalue weighted by Gasteiger charge is -2.17. The molecule has 1 amide bonds. The maximum absolute atomic E-state index is 11.5. The molecule has 0 aromatic rings. The first-order chi connectivity index (χ1) is 7.10. The van der Waals surface area contributed by atoms with Gasteiger partial charge in [0, 0.05) is 19.6 Å². The fraction of sp³-hybridized carbons (Fsp3) is 0.909. The largest absolute Gasteiger partial charge is 0.383 e. The summed E-state index contributed by atoms with van der Waals surface area (Å²) in [5.74, 6) is 0.0720. The smallest absolute Gasteiger partial charge is 0.220 e. The van der Waals surface area contributed by atoms with Crippen LogP contribution in [-0.4, -0.2) is 31.7 Å². The van der Waals surface area contributed by atoms with E-state index in [1.54, 1.807) is 7.11 Å². The first kappa shape index (κ1) is 14.4. The Morgan fingerprint density at radius 2 is 2.13 bits per heavy atom. The molecule has 90 valence electrons. The molecule has 2 atom stereocenters. The molecule has 4 heteroatoms. The van der Waals surface area contributed by atoms with Gasteiger partial charge in [0.25, 0.3) is 0 Å². The van der Waals surface area contributed by atoms with Crippen LogP contribution in [0.1, 0.15) is 39.5 Å². The Kier molecular flexibility index (Phi) is 8.33. The molecule has 0 rings (SSSR count). The predicted octanol–water partition coefficient (Wildman–Crippen LogP) is 1.05. The van der Waals surface area contributed by atoms with Gasteiger partial charge >= 0.3 is 0 Å². The Balaban J connectivity index is 3.77. The molecule has 4 nitrogen and oxygen atoms in total. The summed E-state index contributed by atoms with van der Waals surface area (Å²) in [6, 6.07) is 0.225. The summed E-state index contributed by atoms with van der Waals surface area (Å²) in [7, 11) is 1.65. The maximum atomic E-state index is 11.5. The van der Waals surface area contributed by atoms with E-state index < -0.39 is 0 Å². The molecule has 0 aromatic carbocycles. The van der Waals surface area contributed by atoms with Gasteiger partial charge in [0.15, 0.2) is 0 Å². The third-order valence-corrected chi connectivity index (χ3v) is 2.20. The SMILES string of the molecule is CCCC(COC)NC(=O)CCC(C)N. The second-order valence-electron chi connectivity index (χ2n) is 4.02. The number of methoxy groups -OCH3 is 1. The molecule has 0 fully saturated rings.